The van der Waals surface area contributed by atoms with Gasteiger partial charge in [-0.15, -0.1) is 0 Å². The summed E-state index contributed by atoms with van der Waals surface area (Å²) in [6.45, 7) is 9.51. The topological polar surface area (TPSA) is 20.2 Å². The fourth-order valence-electron chi connectivity index (χ4n) is 5.67. The Morgan fingerprint density at radius 2 is 1.69 bits per heavy atom. The van der Waals surface area contributed by atoms with Crippen LogP contribution in [0.3, 0.4) is 0 Å². The van der Waals surface area contributed by atoms with Gasteiger partial charge in [0.2, 0.25) is 0 Å². The third-order valence-electron chi connectivity index (χ3n) is 6.93. The van der Waals surface area contributed by atoms with Gasteiger partial charge in [-0.2, -0.15) is 0 Å². The molecule has 0 saturated heterocycles. The second-order valence-corrected chi connectivity index (χ2v) is 7.45. The summed E-state index contributed by atoms with van der Waals surface area (Å²) in [7, 11) is 0. The molecule has 3 fully saturated rings. The molecule has 3 aliphatic carbocycles. The van der Waals surface area contributed by atoms with Crippen molar-refractivity contribution in [2.45, 2.75) is 59.5 Å². The summed E-state index contributed by atoms with van der Waals surface area (Å²) in [5.74, 6) is 2.94. The Morgan fingerprint density at radius 1 is 1.06 bits per heavy atom. The quantitative estimate of drug-likeness (QED) is 0.720. The highest BCUT2D eigenvalue weighted by molar-refractivity contribution is 5.19. The van der Waals surface area contributed by atoms with Crippen LogP contribution in [0.25, 0.3) is 0 Å². The molecule has 3 rings (SSSR count). The molecule has 1 N–H and O–H groups in total. The second kappa shape index (κ2) is 3.04. The molecular formula is C15H26O. The Bertz CT molecular complexity index is 309. The zero-order chi connectivity index (χ0) is 11.7. The van der Waals surface area contributed by atoms with E-state index in [0.717, 1.165) is 17.8 Å². The predicted molar refractivity (Wildman–Crippen MR) is 66.0 cm³/mol. The largest absolute Gasteiger partial charge is 0.392 e. The fourth-order valence-corrected chi connectivity index (χ4v) is 5.67. The van der Waals surface area contributed by atoms with Crippen LogP contribution >= 0.6 is 0 Å². The van der Waals surface area contributed by atoms with Crippen LogP contribution in [-0.4, -0.2) is 11.2 Å². The Labute approximate surface area is 99.6 Å². The van der Waals surface area contributed by atoms with Crippen LogP contribution in [-0.2, 0) is 0 Å². The van der Waals surface area contributed by atoms with Crippen LogP contribution in [0.5, 0.6) is 0 Å². The number of aliphatic hydroxyl groups excluding tert-OH is 1. The summed E-state index contributed by atoms with van der Waals surface area (Å²) in [6, 6.07) is 0. The summed E-state index contributed by atoms with van der Waals surface area (Å²) < 4.78 is 0. The molecule has 16 heavy (non-hydrogen) atoms. The van der Waals surface area contributed by atoms with Crippen molar-refractivity contribution in [3.05, 3.63) is 0 Å². The molecule has 92 valence electrons. The molecule has 6 atom stereocenters. The second-order valence-electron chi connectivity index (χ2n) is 7.45. The molecular weight excluding hydrogens is 196 g/mol. The van der Waals surface area contributed by atoms with E-state index in [1.54, 1.807) is 0 Å². The highest BCUT2D eigenvalue weighted by Crippen LogP contribution is 2.74. The first-order chi connectivity index (χ1) is 7.42. The van der Waals surface area contributed by atoms with E-state index in [4.69, 9.17) is 0 Å². The molecule has 0 radical (unpaired) electrons. The smallest absolute Gasteiger partial charge is 0.0632 e. The lowest BCUT2D eigenvalue weighted by Gasteiger charge is -2.43. The van der Waals surface area contributed by atoms with E-state index < -0.39 is 0 Å². The molecule has 3 saturated carbocycles. The van der Waals surface area contributed by atoms with E-state index >= 15 is 0 Å². The van der Waals surface area contributed by atoms with Crippen molar-refractivity contribution in [2.24, 2.45) is 34.5 Å². The Morgan fingerprint density at radius 3 is 2.31 bits per heavy atom. The van der Waals surface area contributed by atoms with Gasteiger partial charge in [0, 0.05) is 0 Å². The highest BCUT2D eigenvalue weighted by Gasteiger charge is 2.70. The van der Waals surface area contributed by atoms with Crippen LogP contribution in [0.15, 0.2) is 0 Å². The van der Waals surface area contributed by atoms with Crippen LogP contribution < -0.4 is 0 Å². The third-order valence-corrected chi connectivity index (χ3v) is 6.93. The minimum Gasteiger partial charge on any atom is -0.392 e. The molecule has 1 heteroatoms. The van der Waals surface area contributed by atoms with Gasteiger partial charge in [0.05, 0.1) is 6.10 Å². The molecule has 4 bridgehead atoms. The standard InChI is InChI=1S/C15H26O/c1-9(2)10-5-7-14(3)11-6-8-15(14,4)13(16)12(10)11/h9-13,16H,5-8H2,1-4H3/t10-,11-,12-,13+,14-,15-/m0/s1. The van der Waals surface area contributed by atoms with E-state index in [1.165, 1.54) is 25.7 Å². The maximum atomic E-state index is 10.7. The Hall–Kier alpha value is -0.0400. The molecule has 0 aromatic rings. The molecule has 1 nitrogen and oxygen atoms in total. The molecule has 0 aromatic heterocycles. The van der Waals surface area contributed by atoms with Crippen molar-refractivity contribution in [3.8, 4) is 0 Å². The van der Waals surface area contributed by atoms with E-state index in [-0.39, 0.29) is 11.5 Å². The van der Waals surface area contributed by atoms with Gasteiger partial charge in [-0.1, -0.05) is 27.7 Å². The van der Waals surface area contributed by atoms with E-state index in [2.05, 4.69) is 27.7 Å². The van der Waals surface area contributed by atoms with Crippen molar-refractivity contribution in [3.63, 3.8) is 0 Å². The maximum absolute atomic E-state index is 10.7. The molecule has 0 heterocycles. The Balaban J connectivity index is 2.03. The first-order valence-electron chi connectivity index (χ1n) is 7.10. The average Bonchev–Trinajstić information content (AvgIpc) is 2.53. The van der Waals surface area contributed by atoms with E-state index in [1.807, 2.05) is 0 Å². The first kappa shape index (κ1) is 11.1. The minimum absolute atomic E-state index is 0.0221. The normalized spacial score (nSPS) is 59.6. The monoisotopic (exact) mass is 222 g/mol. The van der Waals surface area contributed by atoms with Gasteiger partial charge in [0.25, 0.3) is 0 Å². The van der Waals surface area contributed by atoms with Gasteiger partial charge < -0.3 is 5.11 Å². The Kier molecular flexibility index (Phi) is 2.11. The highest BCUT2D eigenvalue weighted by atomic mass is 16.3. The predicted octanol–water partition coefficient (Wildman–Crippen LogP) is 3.47. The van der Waals surface area contributed by atoms with Crippen LogP contribution in [0, 0.1) is 34.5 Å². The lowest BCUT2D eigenvalue weighted by atomic mass is 9.61. The van der Waals surface area contributed by atoms with E-state index in [0.29, 0.717) is 11.3 Å². The summed E-state index contributed by atoms with van der Waals surface area (Å²) in [4.78, 5) is 0. The van der Waals surface area contributed by atoms with Crippen molar-refractivity contribution >= 4 is 0 Å². The minimum atomic E-state index is -0.0221. The maximum Gasteiger partial charge on any atom is 0.0632 e. The van der Waals surface area contributed by atoms with Crippen LogP contribution in [0.1, 0.15) is 53.4 Å². The van der Waals surface area contributed by atoms with E-state index in [9.17, 15) is 5.11 Å². The summed E-state index contributed by atoms with van der Waals surface area (Å²) in [6.07, 6.45) is 5.31. The van der Waals surface area contributed by atoms with Crippen LogP contribution in [0.4, 0.5) is 0 Å². The first-order valence-corrected chi connectivity index (χ1v) is 7.10. The number of hydrogen-bond acceptors (Lipinski definition) is 1. The van der Waals surface area contributed by atoms with Crippen molar-refractivity contribution < 1.29 is 5.11 Å². The third kappa shape index (κ3) is 0.978. The SMILES string of the molecule is CC(C)[C@@H]1CC[C@@]2(C)[C@H]3CC[C@@]2(C)[C@H](O)[C@@H]13. The molecule has 0 amide bonds. The number of rotatable bonds is 1. The van der Waals surface area contributed by atoms with Gasteiger partial charge in [-0.25, -0.2) is 0 Å². The lowest BCUT2D eigenvalue weighted by Crippen LogP contribution is -2.39. The van der Waals surface area contributed by atoms with Crippen molar-refractivity contribution in [1.82, 2.24) is 0 Å². The summed E-state index contributed by atoms with van der Waals surface area (Å²) >= 11 is 0. The molecule has 0 spiro atoms. The average molecular weight is 222 g/mol. The van der Waals surface area contributed by atoms with Crippen molar-refractivity contribution in [1.29, 1.82) is 0 Å². The summed E-state index contributed by atoms with van der Waals surface area (Å²) in [5, 5.41) is 10.7. The molecule has 0 aliphatic heterocycles. The summed E-state index contributed by atoms with van der Waals surface area (Å²) in [5.41, 5.74) is 0.675. The van der Waals surface area contributed by atoms with Crippen LogP contribution in [0.2, 0.25) is 0 Å². The number of hydrogen-bond donors (Lipinski definition) is 1. The lowest BCUT2D eigenvalue weighted by molar-refractivity contribution is -0.0215. The van der Waals surface area contributed by atoms with Gasteiger partial charge in [-0.3, -0.25) is 0 Å². The number of aliphatic hydroxyl groups is 1. The fraction of sp³-hybridized carbons (Fsp3) is 1.00. The van der Waals surface area contributed by atoms with Crippen molar-refractivity contribution in [2.75, 3.05) is 0 Å². The zero-order valence-corrected chi connectivity index (χ0v) is 11.2. The van der Waals surface area contributed by atoms with Gasteiger partial charge in [-0.05, 0) is 60.2 Å². The van der Waals surface area contributed by atoms with Gasteiger partial charge in [0.15, 0.2) is 0 Å². The van der Waals surface area contributed by atoms with Gasteiger partial charge in [0.1, 0.15) is 0 Å². The van der Waals surface area contributed by atoms with Gasteiger partial charge >= 0.3 is 0 Å². The zero-order valence-electron chi connectivity index (χ0n) is 11.2. The molecule has 3 aliphatic rings. The molecule has 0 aromatic carbocycles. The molecule has 0 unspecified atom stereocenters.